The second-order valence-electron chi connectivity index (χ2n) is 8.25. The molecule has 0 saturated heterocycles. The predicted molar refractivity (Wildman–Crippen MR) is 123 cm³/mol. The first-order chi connectivity index (χ1) is 14.3. The predicted octanol–water partition coefficient (Wildman–Crippen LogP) is 4.15. The van der Waals surface area contributed by atoms with Crippen LogP contribution in [0.15, 0.2) is 9.95 Å². The SMILES string of the molecule is Cc1sc2nc(SCC(=O)NC(=O)NCCC(C)C)n(C3CCCC3)c(=O)c2c1C. The first-order valence-corrected chi connectivity index (χ1v) is 12.3. The Labute approximate surface area is 185 Å². The number of aromatic nitrogens is 2. The highest BCUT2D eigenvalue weighted by atomic mass is 32.2. The van der Waals surface area contributed by atoms with Crippen LogP contribution in [-0.2, 0) is 4.79 Å². The van der Waals surface area contributed by atoms with Gasteiger partial charge in [0.05, 0.1) is 11.1 Å². The fraction of sp³-hybridized carbons (Fsp3) is 0.619. The molecule has 0 radical (unpaired) electrons. The zero-order valence-corrected chi connectivity index (χ0v) is 19.7. The van der Waals surface area contributed by atoms with Crippen LogP contribution in [0.5, 0.6) is 0 Å². The maximum atomic E-state index is 13.3. The molecule has 0 unspecified atom stereocenters. The zero-order valence-electron chi connectivity index (χ0n) is 18.0. The summed E-state index contributed by atoms with van der Waals surface area (Å²) < 4.78 is 1.79. The van der Waals surface area contributed by atoms with Crippen LogP contribution in [0.4, 0.5) is 4.79 Å². The summed E-state index contributed by atoms with van der Waals surface area (Å²) in [5.74, 6) is 0.119. The fourth-order valence-corrected chi connectivity index (χ4v) is 5.62. The van der Waals surface area contributed by atoms with Crippen LogP contribution in [0.3, 0.4) is 0 Å². The van der Waals surface area contributed by atoms with E-state index in [2.05, 4.69) is 24.5 Å². The summed E-state index contributed by atoms with van der Waals surface area (Å²) in [7, 11) is 0. The van der Waals surface area contributed by atoms with Gasteiger partial charge in [-0.1, -0.05) is 38.5 Å². The lowest BCUT2D eigenvalue weighted by Gasteiger charge is -2.18. The van der Waals surface area contributed by atoms with E-state index >= 15 is 0 Å². The van der Waals surface area contributed by atoms with E-state index in [9.17, 15) is 14.4 Å². The molecular formula is C21H30N4O3S2. The number of hydrogen-bond acceptors (Lipinski definition) is 6. The number of aryl methyl sites for hydroxylation is 2. The number of nitrogens with zero attached hydrogens (tertiary/aromatic N) is 2. The molecule has 2 aromatic heterocycles. The summed E-state index contributed by atoms with van der Waals surface area (Å²) in [6, 6.07) is -0.360. The Bertz CT molecular complexity index is 990. The molecule has 2 heterocycles. The Balaban J connectivity index is 1.75. The van der Waals surface area contributed by atoms with E-state index < -0.39 is 11.9 Å². The molecule has 30 heavy (non-hydrogen) atoms. The molecule has 0 spiro atoms. The smallest absolute Gasteiger partial charge is 0.321 e. The summed E-state index contributed by atoms with van der Waals surface area (Å²) in [5.41, 5.74) is 0.981. The number of thiophene rings is 1. The Morgan fingerprint density at radius 3 is 2.63 bits per heavy atom. The molecule has 1 saturated carbocycles. The highest BCUT2D eigenvalue weighted by molar-refractivity contribution is 7.99. The van der Waals surface area contributed by atoms with Crippen LogP contribution in [0, 0.1) is 19.8 Å². The fourth-order valence-electron chi connectivity index (χ4n) is 3.69. The number of amides is 3. The number of urea groups is 1. The van der Waals surface area contributed by atoms with Gasteiger partial charge in [0.25, 0.3) is 5.56 Å². The second kappa shape index (κ2) is 9.96. The van der Waals surface area contributed by atoms with Crippen molar-refractivity contribution in [2.24, 2.45) is 5.92 Å². The maximum absolute atomic E-state index is 13.3. The third-order valence-corrected chi connectivity index (χ3v) is 7.54. The van der Waals surface area contributed by atoms with Crippen molar-refractivity contribution >= 4 is 45.3 Å². The van der Waals surface area contributed by atoms with E-state index in [1.165, 1.54) is 23.1 Å². The van der Waals surface area contributed by atoms with E-state index in [1.54, 1.807) is 4.57 Å². The van der Waals surface area contributed by atoms with Gasteiger partial charge in [0.1, 0.15) is 4.83 Å². The number of rotatable bonds is 7. The number of thioether (sulfide) groups is 1. The molecule has 1 aliphatic rings. The largest absolute Gasteiger partial charge is 0.338 e. The number of imide groups is 1. The molecule has 0 atom stereocenters. The van der Waals surface area contributed by atoms with Crippen molar-refractivity contribution < 1.29 is 9.59 Å². The summed E-state index contributed by atoms with van der Waals surface area (Å²) in [4.78, 5) is 44.0. The van der Waals surface area contributed by atoms with E-state index in [-0.39, 0.29) is 17.4 Å². The highest BCUT2D eigenvalue weighted by Gasteiger charge is 2.25. The van der Waals surface area contributed by atoms with Gasteiger partial charge in [-0.2, -0.15) is 0 Å². The van der Waals surface area contributed by atoms with Crippen LogP contribution in [0.1, 0.15) is 62.4 Å². The molecule has 0 aliphatic heterocycles. The molecule has 7 nitrogen and oxygen atoms in total. The van der Waals surface area contributed by atoms with Gasteiger partial charge in [-0.3, -0.25) is 19.5 Å². The first-order valence-electron chi connectivity index (χ1n) is 10.5. The molecule has 1 aliphatic carbocycles. The number of fused-ring (bicyclic) bond motifs is 1. The van der Waals surface area contributed by atoms with E-state index in [4.69, 9.17) is 4.98 Å². The number of hydrogen-bond donors (Lipinski definition) is 2. The Hall–Kier alpha value is -1.87. The third kappa shape index (κ3) is 5.24. The lowest BCUT2D eigenvalue weighted by atomic mass is 10.1. The standard InChI is InChI=1S/C21H30N4O3S2/c1-12(2)9-10-22-20(28)23-16(26)11-29-21-24-18-17(13(3)14(4)30-18)19(27)25(21)15-7-5-6-8-15/h12,15H,5-11H2,1-4H3,(H2,22,23,26,28). The lowest BCUT2D eigenvalue weighted by Crippen LogP contribution is -2.41. The molecular weight excluding hydrogens is 420 g/mol. The van der Waals surface area contributed by atoms with Crippen molar-refractivity contribution in [3.05, 3.63) is 20.8 Å². The number of carbonyl (C=O) groups excluding carboxylic acids is 2. The second-order valence-corrected chi connectivity index (χ2v) is 10.4. The monoisotopic (exact) mass is 450 g/mol. The van der Waals surface area contributed by atoms with Crippen LogP contribution in [0.25, 0.3) is 10.2 Å². The Kier molecular flexibility index (Phi) is 7.57. The minimum Gasteiger partial charge on any atom is -0.338 e. The summed E-state index contributed by atoms with van der Waals surface area (Å²) in [5, 5.41) is 6.31. The Morgan fingerprint density at radius 2 is 1.97 bits per heavy atom. The molecule has 1 fully saturated rings. The van der Waals surface area contributed by atoms with E-state index in [0.717, 1.165) is 47.4 Å². The number of carbonyl (C=O) groups is 2. The topological polar surface area (TPSA) is 93.1 Å². The highest BCUT2D eigenvalue weighted by Crippen LogP contribution is 2.34. The van der Waals surface area contributed by atoms with E-state index in [0.29, 0.717) is 23.0 Å². The molecule has 164 valence electrons. The van der Waals surface area contributed by atoms with Crippen molar-refractivity contribution in [3.8, 4) is 0 Å². The lowest BCUT2D eigenvalue weighted by molar-refractivity contribution is -0.117. The maximum Gasteiger partial charge on any atom is 0.321 e. The van der Waals surface area contributed by atoms with Crippen molar-refractivity contribution in [3.63, 3.8) is 0 Å². The normalized spacial score (nSPS) is 14.6. The van der Waals surface area contributed by atoms with Gasteiger partial charge in [0.15, 0.2) is 5.16 Å². The van der Waals surface area contributed by atoms with E-state index in [1.807, 2.05) is 13.8 Å². The van der Waals surface area contributed by atoms with Gasteiger partial charge in [-0.05, 0) is 44.6 Å². The van der Waals surface area contributed by atoms with Crippen molar-refractivity contribution in [2.45, 2.75) is 71.0 Å². The van der Waals surface area contributed by atoms with Crippen molar-refractivity contribution in [1.82, 2.24) is 20.2 Å². The van der Waals surface area contributed by atoms with Gasteiger partial charge >= 0.3 is 6.03 Å². The molecule has 2 N–H and O–H groups in total. The van der Waals surface area contributed by atoms with Crippen LogP contribution < -0.4 is 16.2 Å². The van der Waals surface area contributed by atoms with Crippen LogP contribution >= 0.6 is 23.1 Å². The third-order valence-electron chi connectivity index (χ3n) is 5.49. The molecule has 9 heteroatoms. The van der Waals surface area contributed by atoms with Gasteiger partial charge in [-0.15, -0.1) is 11.3 Å². The van der Waals surface area contributed by atoms with Crippen molar-refractivity contribution in [1.29, 1.82) is 0 Å². The van der Waals surface area contributed by atoms with Gasteiger partial charge in [-0.25, -0.2) is 9.78 Å². The minimum atomic E-state index is -0.484. The number of nitrogens with one attached hydrogen (secondary N) is 2. The quantitative estimate of drug-likeness (QED) is 0.488. The van der Waals surface area contributed by atoms with Crippen LogP contribution in [-0.4, -0.2) is 33.8 Å². The van der Waals surface area contributed by atoms with Gasteiger partial charge in [0.2, 0.25) is 5.91 Å². The van der Waals surface area contributed by atoms with Gasteiger partial charge < -0.3 is 5.32 Å². The Morgan fingerprint density at radius 1 is 1.27 bits per heavy atom. The average Bonchev–Trinajstić information content (AvgIpc) is 3.28. The molecule has 2 aromatic rings. The summed E-state index contributed by atoms with van der Waals surface area (Å²) in [6.07, 6.45) is 4.95. The average molecular weight is 451 g/mol. The van der Waals surface area contributed by atoms with Gasteiger partial charge in [0, 0.05) is 17.5 Å². The first kappa shape index (κ1) is 22.8. The zero-order chi connectivity index (χ0) is 21.8. The molecule has 3 rings (SSSR count). The molecule has 3 amide bonds. The summed E-state index contributed by atoms with van der Waals surface area (Å²) >= 11 is 2.74. The molecule has 0 bridgehead atoms. The minimum absolute atomic E-state index is 0.0110. The van der Waals surface area contributed by atoms with Crippen LogP contribution in [0.2, 0.25) is 0 Å². The van der Waals surface area contributed by atoms with Crippen molar-refractivity contribution in [2.75, 3.05) is 12.3 Å². The summed E-state index contributed by atoms with van der Waals surface area (Å²) in [6.45, 7) is 8.64. The molecule has 0 aromatic carbocycles.